The minimum atomic E-state index is -3.47. The number of nitrogens with one attached hydrogen (secondary N) is 1. The number of carbonyl (C=O) groups excluding carboxylic acids is 1. The highest BCUT2D eigenvalue weighted by Gasteiger charge is 2.12. The number of halogens is 1. The molecule has 0 spiro atoms. The van der Waals surface area contributed by atoms with Crippen molar-refractivity contribution in [3.8, 4) is 0 Å². The molecule has 22 heavy (non-hydrogen) atoms. The SMILES string of the molecule is CS(=O)(=O)c1ccc(F)c(NC(=O)/C=C/c2ccccc2)c1. The Morgan fingerprint density at radius 1 is 1.14 bits per heavy atom. The minimum absolute atomic E-state index is 0.0590. The fraction of sp³-hybridized carbons (Fsp3) is 0.0625. The van der Waals surface area contributed by atoms with Crippen molar-refractivity contribution in [2.24, 2.45) is 0 Å². The summed E-state index contributed by atoms with van der Waals surface area (Å²) >= 11 is 0. The maximum atomic E-state index is 13.6. The second kappa shape index (κ2) is 6.53. The van der Waals surface area contributed by atoms with Gasteiger partial charge in [0.15, 0.2) is 9.84 Å². The Kier molecular flexibility index (Phi) is 4.72. The number of sulfone groups is 1. The van der Waals surface area contributed by atoms with Crippen molar-refractivity contribution in [3.63, 3.8) is 0 Å². The van der Waals surface area contributed by atoms with Crippen molar-refractivity contribution in [2.75, 3.05) is 11.6 Å². The molecule has 0 saturated heterocycles. The van der Waals surface area contributed by atoms with Crippen LogP contribution in [0.25, 0.3) is 6.08 Å². The van der Waals surface area contributed by atoms with E-state index < -0.39 is 21.6 Å². The first-order chi connectivity index (χ1) is 10.4. The summed E-state index contributed by atoms with van der Waals surface area (Å²) in [5.41, 5.74) is 0.647. The van der Waals surface area contributed by atoms with Crippen LogP contribution >= 0.6 is 0 Å². The molecule has 0 fully saturated rings. The van der Waals surface area contributed by atoms with Gasteiger partial charge >= 0.3 is 0 Å². The number of benzene rings is 2. The summed E-state index contributed by atoms with van der Waals surface area (Å²) in [5, 5.41) is 2.33. The molecule has 0 atom stereocenters. The first kappa shape index (κ1) is 15.9. The van der Waals surface area contributed by atoms with Gasteiger partial charge in [-0.15, -0.1) is 0 Å². The lowest BCUT2D eigenvalue weighted by molar-refractivity contribution is -0.111. The third-order valence-electron chi connectivity index (χ3n) is 2.85. The van der Waals surface area contributed by atoms with Gasteiger partial charge in [-0.3, -0.25) is 4.79 Å². The lowest BCUT2D eigenvalue weighted by Gasteiger charge is -2.06. The molecule has 2 aromatic rings. The molecule has 6 heteroatoms. The molecule has 0 aliphatic carbocycles. The lowest BCUT2D eigenvalue weighted by Crippen LogP contribution is -2.10. The molecular formula is C16H14FNO3S. The predicted octanol–water partition coefficient (Wildman–Crippen LogP) is 2.88. The maximum absolute atomic E-state index is 13.6. The average molecular weight is 319 g/mol. The second-order valence-electron chi connectivity index (χ2n) is 4.65. The van der Waals surface area contributed by atoms with Crippen LogP contribution in [0.1, 0.15) is 5.56 Å². The smallest absolute Gasteiger partial charge is 0.248 e. The highest BCUT2D eigenvalue weighted by Crippen LogP contribution is 2.19. The highest BCUT2D eigenvalue weighted by molar-refractivity contribution is 7.90. The summed E-state index contributed by atoms with van der Waals surface area (Å²) in [7, 11) is -3.47. The van der Waals surface area contributed by atoms with Crippen LogP contribution < -0.4 is 5.32 Å². The zero-order valence-corrected chi connectivity index (χ0v) is 12.6. The average Bonchev–Trinajstić information content (AvgIpc) is 2.47. The van der Waals surface area contributed by atoms with Crippen molar-refractivity contribution >= 4 is 27.5 Å². The Morgan fingerprint density at radius 2 is 1.82 bits per heavy atom. The molecule has 0 saturated carbocycles. The van der Waals surface area contributed by atoms with Crippen LogP contribution in [0.2, 0.25) is 0 Å². The van der Waals surface area contributed by atoms with Gasteiger partial charge in [0.2, 0.25) is 5.91 Å². The number of carbonyl (C=O) groups is 1. The molecule has 2 rings (SSSR count). The van der Waals surface area contributed by atoms with E-state index >= 15 is 0 Å². The number of hydrogen-bond donors (Lipinski definition) is 1. The molecule has 0 aliphatic heterocycles. The maximum Gasteiger partial charge on any atom is 0.248 e. The van der Waals surface area contributed by atoms with E-state index in [4.69, 9.17) is 0 Å². The molecule has 2 aromatic carbocycles. The van der Waals surface area contributed by atoms with E-state index in [0.29, 0.717) is 0 Å². The topological polar surface area (TPSA) is 63.2 Å². The fourth-order valence-electron chi connectivity index (χ4n) is 1.74. The number of amides is 1. The molecule has 1 N–H and O–H groups in total. The molecule has 0 unspecified atom stereocenters. The van der Waals surface area contributed by atoms with Gasteiger partial charge in [-0.1, -0.05) is 30.3 Å². The van der Waals surface area contributed by atoms with Gasteiger partial charge in [0.05, 0.1) is 10.6 Å². The zero-order valence-electron chi connectivity index (χ0n) is 11.8. The normalized spacial score (nSPS) is 11.5. The molecule has 0 aromatic heterocycles. The van der Waals surface area contributed by atoms with E-state index in [1.165, 1.54) is 6.08 Å². The number of anilines is 1. The first-order valence-corrected chi connectivity index (χ1v) is 8.29. The van der Waals surface area contributed by atoms with Crippen LogP contribution in [-0.2, 0) is 14.6 Å². The molecule has 4 nitrogen and oxygen atoms in total. The van der Waals surface area contributed by atoms with Gasteiger partial charge < -0.3 is 5.32 Å². The summed E-state index contributed by atoms with van der Waals surface area (Å²) in [6.07, 6.45) is 3.84. The van der Waals surface area contributed by atoms with E-state index in [2.05, 4.69) is 5.32 Å². The fourth-order valence-corrected chi connectivity index (χ4v) is 2.39. The third kappa shape index (κ3) is 4.26. The quantitative estimate of drug-likeness (QED) is 0.696. The highest BCUT2D eigenvalue weighted by atomic mass is 32.2. The standard InChI is InChI=1S/C16H14FNO3S/c1-22(20,21)13-8-9-14(17)15(11-13)18-16(19)10-7-12-5-3-2-4-6-12/h2-11H,1H3,(H,18,19)/b10-7+. The van der Waals surface area contributed by atoms with Gasteiger partial charge in [-0.05, 0) is 29.8 Å². The van der Waals surface area contributed by atoms with Crippen molar-refractivity contribution in [1.82, 2.24) is 0 Å². The second-order valence-corrected chi connectivity index (χ2v) is 6.66. The molecule has 0 bridgehead atoms. The summed E-state index contributed by atoms with van der Waals surface area (Å²) in [6.45, 7) is 0. The van der Waals surface area contributed by atoms with Crippen molar-refractivity contribution in [1.29, 1.82) is 0 Å². The van der Waals surface area contributed by atoms with Gasteiger partial charge in [0.25, 0.3) is 0 Å². The largest absolute Gasteiger partial charge is 0.320 e. The van der Waals surface area contributed by atoms with Gasteiger partial charge in [0.1, 0.15) is 5.82 Å². The number of rotatable bonds is 4. The molecular weight excluding hydrogens is 305 g/mol. The van der Waals surface area contributed by atoms with Crippen LogP contribution in [0, 0.1) is 5.82 Å². The van der Waals surface area contributed by atoms with Gasteiger partial charge in [-0.2, -0.15) is 0 Å². The summed E-state index contributed by atoms with van der Waals surface area (Å²) in [6, 6.07) is 12.4. The third-order valence-corrected chi connectivity index (χ3v) is 3.96. The van der Waals surface area contributed by atoms with E-state index in [-0.39, 0.29) is 10.6 Å². The summed E-state index contributed by atoms with van der Waals surface area (Å²) < 4.78 is 36.5. The minimum Gasteiger partial charge on any atom is -0.320 e. The molecule has 0 heterocycles. The molecule has 114 valence electrons. The molecule has 0 radical (unpaired) electrons. The zero-order chi connectivity index (χ0) is 16.2. The summed E-state index contributed by atoms with van der Waals surface area (Å²) in [5.74, 6) is -1.25. The van der Waals surface area contributed by atoms with E-state index in [9.17, 15) is 17.6 Å². The Morgan fingerprint density at radius 3 is 2.45 bits per heavy atom. The van der Waals surface area contributed by atoms with E-state index in [1.54, 1.807) is 6.08 Å². The van der Waals surface area contributed by atoms with E-state index in [0.717, 1.165) is 30.0 Å². The monoisotopic (exact) mass is 319 g/mol. The Balaban J connectivity index is 2.17. The Hall–Kier alpha value is -2.47. The lowest BCUT2D eigenvalue weighted by atomic mass is 10.2. The van der Waals surface area contributed by atoms with Crippen LogP contribution in [0.3, 0.4) is 0 Å². The molecule has 1 amide bonds. The van der Waals surface area contributed by atoms with Gasteiger partial charge in [-0.25, -0.2) is 12.8 Å². The van der Waals surface area contributed by atoms with Crippen molar-refractivity contribution in [2.45, 2.75) is 4.90 Å². The van der Waals surface area contributed by atoms with Crippen LogP contribution in [0.4, 0.5) is 10.1 Å². The van der Waals surface area contributed by atoms with Gasteiger partial charge in [0, 0.05) is 12.3 Å². The summed E-state index contributed by atoms with van der Waals surface area (Å²) in [4.78, 5) is 11.7. The van der Waals surface area contributed by atoms with Crippen molar-refractivity contribution < 1.29 is 17.6 Å². The molecule has 0 aliphatic rings. The number of hydrogen-bond acceptors (Lipinski definition) is 3. The first-order valence-electron chi connectivity index (χ1n) is 6.40. The Bertz CT molecular complexity index is 815. The van der Waals surface area contributed by atoms with Crippen molar-refractivity contribution in [3.05, 3.63) is 66.0 Å². The van der Waals surface area contributed by atoms with Crippen LogP contribution in [0.5, 0.6) is 0 Å². The Labute approximate surface area is 128 Å². The predicted molar refractivity (Wildman–Crippen MR) is 83.6 cm³/mol. The van der Waals surface area contributed by atoms with Crippen LogP contribution in [-0.4, -0.2) is 20.6 Å². The van der Waals surface area contributed by atoms with Crippen LogP contribution in [0.15, 0.2) is 59.5 Å². The van der Waals surface area contributed by atoms with E-state index in [1.807, 2.05) is 30.3 Å².